The van der Waals surface area contributed by atoms with Crippen molar-refractivity contribution in [2.45, 2.75) is 26.0 Å². The molecule has 0 heterocycles. The molecule has 1 atom stereocenters. The van der Waals surface area contributed by atoms with Crippen molar-refractivity contribution in [1.82, 2.24) is 0 Å². The molecule has 1 aromatic carbocycles. The van der Waals surface area contributed by atoms with Crippen molar-refractivity contribution in [2.75, 3.05) is 5.43 Å². The van der Waals surface area contributed by atoms with E-state index in [1.807, 2.05) is 31.2 Å². The number of hydrogen-bond acceptors (Lipinski definition) is 5. The molecule has 0 radical (unpaired) electrons. The Morgan fingerprint density at radius 3 is 2.37 bits per heavy atom. The molecule has 0 fully saturated rings. The maximum Gasteiger partial charge on any atom is 0.316 e. The third kappa shape index (κ3) is 5.13. The third-order valence-electron chi connectivity index (χ3n) is 2.28. The summed E-state index contributed by atoms with van der Waals surface area (Å²) in [5.74, 6) is -1.24. The van der Waals surface area contributed by atoms with Gasteiger partial charge in [0.25, 0.3) is 0 Å². The molecule has 0 spiro atoms. The van der Waals surface area contributed by atoms with Crippen molar-refractivity contribution in [3.8, 4) is 0 Å². The molecule has 6 heteroatoms. The summed E-state index contributed by atoms with van der Waals surface area (Å²) in [6.45, 7) is 4.84. The second-order valence-corrected chi connectivity index (χ2v) is 5.38. The van der Waals surface area contributed by atoms with Gasteiger partial charge in [-0.15, -0.1) is 0 Å². The third-order valence-corrected chi connectivity index (χ3v) is 3.43. The monoisotopic (exact) mass is 280 g/mol. The highest BCUT2D eigenvalue weighted by Gasteiger charge is 2.18. The fourth-order valence-corrected chi connectivity index (χ4v) is 1.85. The van der Waals surface area contributed by atoms with E-state index in [9.17, 15) is 9.59 Å². The van der Waals surface area contributed by atoms with Crippen LogP contribution in [0.1, 0.15) is 19.4 Å². The molecule has 0 saturated carbocycles. The molecule has 0 aliphatic carbocycles. The van der Waals surface area contributed by atoms with Crippen LogP contribution in [-0.2, 0) is 9.59 Å². The lowest BCUT2D eigenvalue weighted by molar-refractivity contribution is -0.136. The Kier molecular flexibility index (Phi) is 5.57. The van der Waals surface area contributed by atoms with Gasteiger partial charge in [0, 0.05) is 6.92 Å². The number of thioether (sulfide) groups is 1. The Balaban J connectivity index is 2.76. The number of ketones is 1. The van der Waals surface area contributed by atoms with E-state index < -0.39 is 11.2 Å². The number of carboxylic acid groups (broad SMARTS) is 1. The number of anilines is 1. The highest BCUT2D eigenvalue weighted by Crippen LogP contribution is 2.15. The molecule has 1 aromatic rings. The molecular weight excluding hydrogens is 264 g/mol. The topological polar surface area (TPSA) is 78.8 Å². The van der Waals surface area contributed by atoms with Crippen LogP contribution in [0, 0.1) is 6.92 Å². The van der Waals surface area contributed by atoms with Crippen molar-refractivity contribution >= 4 is 34.2 Å². The highest BCUT2D eigenvalue weighted by molar-refractivity contribution is 8.16. The molecule has 0 aliphatic heterocycles. The molecule has 1 rings (SSSR count). The fraction of sp³-hybridized carbons (Fsp3) is 0.308. The van der Waals surface area contributed by atoms with Gasteiger partial charge in [0.1, 0.15) is 5.25 Å². The van der Waals surface area contributed by atoms with Crippen LogP contribution in [0.15, 0.2) is 29.4 Å². The second kappa shape index (κ2) is 6.94. The summed E-state index contributed by atoms with van der Waals surface area (Å²) in [6.07, 6.45) is 0. The smallest absolute Gasteiger partial charge is 0.316 e. The van der Waals surface area contributed by atoms with E-state index in [2.05, 4.69) is 10.5 Å². The van der Waals surface area contributed by atoms with Crippen LogP contribution in [0.4, 0.5) is 5.69 Å². The summed E-state index contributed by atoms with van der Waals surface area (Å²) < 4.78 is 0. The van der Waals surface area contributed by atoms with E-state index in [0.717, 1.165) is 23.0 Å². The van der Waals surface area contributed by atoms with E-state index >= 15 is 0 Å². The zero-order valence-corrected chi connectivity index (χ0v) is 11.8. The number of nitrogens with zero attached hydrogens (tertiary/aromatic N) is 1. The summed E-state index contributed by atoms with van der Waals surface area (Å²) in [5.41, 5.74) is 4.61. The van der Waals surface area contributed by atoms with E-state index in [-0.39, 0.29) is 10.8 Å². The Morgan fingerprint density at radius 1 is 1.32 bits per heavy atom. The minimum atomic E-state index is -0.978. The van der Waals surface area contributed by atoms with Crippen LogP contribution in [0.25, 0.3) is 0 Å². The number of carbonyl (C=O) groups excluding carboxylic acids is 1. The van der Waals surface area contributed by atoms with Crippen molar-refractivity contribution in [1.29, 1.82) is 0 Å². The van der Waals surface area contributed by atoms with Gasteiger partial charge in [0.05, 0.1) is 5.69 Å². The lowest BCUT2D eigenvalue weighted by Crippen LogP contribution is -2.18. The first kappa shape index (κ1) is 15.2. The van der Waals surface area contributed by atoms with E-state index in [0.29, 0.717) is 0 Å². The molecule has 0 amide bonds. The Bertz CT molecular complexity index is 497. The Labute approximate surface area is 116 Å². The number of hydrazone groups is 1. The van der Waals surface area contributed by atoms with Crippen molar-refractivity contribution < 1.29 is 14.7 Å². The van der Waals surface area contributed by atoms with Crippen LogP contribution in [-0.4, -0.2) is 27.2 Å². The number of nitrogens with one attached hydrogen (secondary N) is 1. The molecule has 0 bridgehead atoms. The Hall–Kier alpha value is -1.82. The van der Waals surface area contributed by atoms with Gasteiger partial charge in [-0.25, -0.2) is 0 Å². The number of rotatable bonds is 5. The van der Waals surface area contributed by atoms with Gasteiger partial charge < -0.3 is 5.11 Å². The summed E-state index contributed by atoms with van der Waals surface area (Å²) >= 11 is 0.922. The largest absolute Gasteiger partial charge is 0.480 e. The maximum absolute atomic E-state index is 11.4. The quantitative estimate of drug-likeness (QED) is 0.492. The molecule has 0 aromatic heterocycles. The highest BCUT2D eigenvalue weighted by atomic mass is 32.2. The van der Waals surface area contributed by atoms with Crippen LogP contribution in [0.2, 0.25) is 0 Å². The molecule has 0 saturated heterocycles. The second-order valence-electron chi connectivity index (χ2n) is 4.05. The van der Waals surface area contributed by atoms with Gasteiger partial charge >= 0.3 is 5.97 Å². The maximum atomic E-state index is 11.4. The van der Waals surface area contributed by atoms with Gasteiger partial charge in [0.2, 0.25) is 0 Å². The first-order valence-corrected chi connectivity index (χ1v) is 6.59. The summed E-state index contributed by atoms with van der Waals surface area (Å²) in [6, 6.07) is 7.50. The number of aryl methyl sites for hydroxylation is 1. The summed E-state index contributed by atoms with van der Waals surface area (Å²) in [4.78, 5) is 22.2. The van der Waals surface area contributed by atoms with Crippen molar-refractivity contribution in [2.24, 2.45) is 5.10 Å². The van der Waals surface area contributed by atoms with E-state index in [4.69, 9.17) is 5.11 Å². The Morgan fingerprint density at radius 2 is 1.89 bits per heavy atom. The molecule has 102 valence electrons. The van der Waals surface area contributed by atoms with Gasteiger partial charge in [-0.1, -0.05) is 29.5 Å². The average molecular weight is 280 g/mol. The molecule has 19 heavy (non-hydrogen) atoms. The van der Waals surface area contributed by atoms with Crippen molar-refractivity contribution in [3.63, 3.8) is 0 Å². The number of hydrogen-bond donors (Lipinski definition) is 2. The van der Waals surface area contributed by atoms with Crippen LogP contribution < -0.4 is 5.43 Å². The lowest BCUT2D eigenvalue weighted by Gasteiger charge is -2.07. The zero-order chi connectivity index (χ0) is 14.4. The SMILES string of the molecule is CC(=O)/C(=N/Nc1ccc(C)cc1)SC(C)C(=O)O. The first-order valence-electron chi connectivity index (χ1n) is 5.71. The van der Waals surface area contributed by atoms with Gasteiger partial charge in [0.15, 0.2) is 10.8 Å². The zero-order valence-electron chi connectivity index (χ0n) is 11.0. The number of carbonyl (C=O) groups is 2. The predicted octanol–water partition coefficient (Wildman–Crippen LogP) is 2.52. The summed E-state index contributed by atoms with van der Waals surface area (Å²) in [7, 11) is 0. The standard InChI is InChI=1S/C13H16N2O3S/c1-8-4-6-11(7-5-8)14-15-12(9(2)16)19-10(3)13(17)18/h4-7,10,14H,1-3H3,(H,17,18)/b15-12-. The lowest BCUT2D eigenvalue weighted by atomic mass is 10.2. The van der Waals surface area contributed by atoms with Gasteiger partial charge in [-0.3, -0.25) is 15.0 Å². The van der Waals surface area contributed by atoms with Gasteiger partial charge in [-0.2, -0.15) is 5.10 Å². The number of benzene rings is 1. The molecule has 2 N–H and O–H groups in total. The minimum Gasteiger partial charge on any atom is -0.480 e. The molecule has 5 nitrogen and oxygen atoms in total. The number of carboxylic acids is 1. The predicted molar refractivity (Wildman–Crippen MR) is 77.6 cm³/mol. The normalized spacial score (nSPS) is 12.9. The molecule has 1 unspecified atom stereocenters. The van der Waals surface area contributed by atoms with Crippen molar-refractivity contribution in [3.05, 3.63) is 29.8 Å². The minimum absolute atomic E-state index is 0.149. The van der Waals surface area contributed by atoms with E-state index in [1.165, 1.54) is 13.8 Å². The number of aliphatic carboxylic acids is 1. The fourth-order valence-electron chi connectivity index (χ4n) is 1.15. The molecular formula is C13H16N2O3S. The van der Waals surface area contributed by atoms with Crippen LogP contribution >= 0.6 is 11.8 Å². The average Bonchev–Trinajstić information content (AvgIpc) is 2.35. The first-order chi connectivity index (χ1) is 8.90. The molecule has 0 aliphatic rings. The van der Waals surface area contributed by atoms with Crippen LogP contribution in [0.3, 0.4) is 0 Å². The number of Topliss-reactive ketones (excluding diaryl/α,β-unsaturated/α-hetero) is 1. The van der Waals surface area contributed by atoms with E-state index in [1.54, 1.807) is 0 Å². The van der Waals surface area contributed by atoms with Gasteiger partial charge in [-0.05, 0) is 26.0 Å². The van der Waals surface area contributed by atoms with Crippen LogP contribution in [0.5, 0.6) is 0 Å². The summed E-state index contributed by atoms with van der Waals surface area (Å²) in [5, 5.41) is 12.2.